The Labute approximate surface area is 133 Å². The van der Waals surface area contributed by atoms with Gasteiger partial charge in [-0.05, 0) is 31.2 Å². The number of thioether (sulfide) groups is 1. The lowest BCUT2D eigenvalue weighted by Crippen LogP contribution is -2.15. The summed E-state index contributed by atoms with van der Waals surface area (Å²) in [4.78, 5) is 26.1. The molecule has 0 aliphatic rings. The summed E-state index contributed by atoms with van der Waals surface area (Å²) in [6.07, 6.45) is 0. The predicted molar refractivity (Wildman–Crippen MR) is 82.6 cm³/mol. The number of hydrogen-bond acceptors (Lipinski definition) is 6. The van der Waals surface area contributed by atoms with Crippen LogP contribution < -0.4 is 5.56 Å². The van der Waals surface area contributed by atoms with Crippen molar-refractivity contribution >= 4 is 34.9 Å². The molecule has 112 valence electrons. The van der Waals surface area contributed by atoms with Gasteiger partial charge in [-0.1, -0.05) is 23.4 Å². The third-order valence-corrected chi connectivity index (χ3v) is 4.09. The van der Waals surface area contributed by atoms with Gasteiger partial charge in [0.25, 0.3) is 11.3 Å². The smallest absolute Gasteiger partial charge is 0.273 e. The molecule has 0 fully saturated rings. The van der Waals surface area contributed by atoms with E-state index in [2.05, 4.69) is 20.3 Å². The van der Waals surface area contributed by atoms with E-state index in [1.54, 1.807) is 31.2 Å². The van der Waals surface area contributed by atoms with E-state index in [1.807, 2.05) is 0 Å². The van der Waals surface area contributed by atoms with Crippen LogP contribution in [0.2, 0.25) is 5.02 Å². The summed E-state index contributed by atoms with van der Waals surface area (Å²) in [7, 11) is 0. The monoisotopic (exact) mass is 335 g/mol. The van der Waals surface area contributed by atoms with Crippen molar-refractivity contribution in [2.45, 2.75) is 12.1 Å². The van der Waals surface area contributed by atoms with Crippen molar-refractivity contribution < 1.29 is 4.79 Å². The molecule has 0 bridgehead atoms. The second kappa shape index (κ2) is 5.90. The van der Waals surface area contributed by atoms with E-state index in [4.69, 9.17) is 11.6 Å². The molecule has 1 aromatic carbocycles. The quantitative estimate of drug-likeness (QED) is 0.576. The van der Waals surface area contributed by atoms with Crippen LogP contribution in [0.3, 0.4) is 0 Å². The fraction of sp³-hybridized carbons (Fsp3) is 0.154. The molecule has 0 amide bonds. The molecule has 0 saturated heterocycles. The number of nitrogens with zero attached hydrogens (tertiary/aromatic N) is 4. The van der Waals surface area contributed by atoms with Crippen LogP contribution in [0.15, 0.2) is 34.2 Å². The normalized spacial score (nSPS) is 11.0. The van der Waals surface area contributed by atoms with E-state index in [1.165, 1.54) is 16.3 Å². The molecule has 0 atom stereocenters. The molecule has 0 aliphatic heterocycles. The van der Waals surface area contributed by atoms with E-state index in [0.717, 1.165) is 0 Å². The van der Waals surface area contributed by atoms with Crippen LogP contribution in [0.5, 0.6) is 0 Å². The minimum Gasteiger partial charge on any atom is -0.293 e. The molecule has 7 nitrogen and oxygen atoms in total. The highest BCUT2D eigenvalue weighted by atomic mass is 35.5. The number of rotatable bonds is 4. The summed E-state index contributed by atoms with van der Waals surface area (Å²) in [5.41, 5.74) is 0.565. The molecule has 0 aliphatic carbocycles. The van der Waals surface area contributed by atoms with E-state index >= 15 is 0 Å². The highest BCUT2D eigenvalue weighted by molar-refractivity contribution is 7.99. The van der Waals surface area contributed by atoms with E-state index < -0.39 is 0 Å². The highest BCUT2D eigenvalue weighted by Crippen LogP contribution is 2.17. The maximum absolute atomic E-state index is 12.1. The largest absolute Gasteiger partial charge is 0.293 e. The highest BCUT2D eigenvalue weighted by Gasteiger charge is 2.13. The van der Waals surface area contributed by atoms with Gasteiger partial charge in [-0.25, -0.2) is 0 Å². The Morgan fingerprint density at radius 3 is 2.77 bits per heavy atom. The molecule has 3 rings (SSSR count). The number of nitrogens with one attached hydrogen (secondary N) is 1. The first-order chi connectivity index (χ1) is 10.5. The SMILES string of the molecule is Cc1nn2c(SCC(=O)c3ccc(Cl)cc3)nnc2[nH]c1=O. The van der Waals surface area contributed by atoms with Crippen molar-refractivity contribution in [1.82, 2.24) is 24.8 Å². The average Bonchev–Trinajstić information content (AvgIpc) is 2.88. The Morgan fingerprint density at radius 2 is 2.05 bits per heavy atom. The summed E-state index contributed by atoms with van der Waals surface area (Å²) in [6.45, 7) is 1.59. The van der Waals surface area contributed by atoms with Gasteiger partial charge in [-0.3, -0.25) is 14.6 Å². The van der Waals surface area contributed by atoms with E-state index in [-0.39, 0.29) is 22.9 Å². The lowest BCUT2D eigenvalue weighted by molar-refractivity contribution is 0.102. The number of aromatic nitrogens is 5. The zero-order valence-corrected chi connectivity index (χ0v) is 13.0. The number of aromatic amines is 1. The number of fused-ring (bicyclic) bond motifs is 1. The molecule has 2 heterocycles. The van der Waals surface area contributed by atoms with Gasteiger partial charge in [0, 0.05) is 10.6 Å². The standard InChI is InChI=1S/C13H10ClN5O2S/c1-7-11(21)15-12-16-17-13(19(12)18-7)22-6-10(20)8-2-4-9(14)5-3-8/h2-5H,6H2,1H3,(H,15,16,21). The van der Waals surface area contributed by atoms with Crippen LogP contribution in [-0.2, 0) is 0 Å². The van der Waals surface area contributed by atoms with Gasteiger partial charge in [-0.2, -0.15) is 9.61 Å². The Morgan fingerprint density at radius 1 is 1.32 bits per heavy atom. The van der Waals surface area contributed by atoms with Crippen molar-refractivity contribution in [2.75, 3.05) is 5.75 Å². The minimum absolute atomic E-state index is 0.0560. The molecule has 0 spiro atoms. The third kappa shape index (κ3) is 2.88. The Bertz CT molecular complexity index is 903. The number of benzene rings is 1. The molecule has 1 N–H and O–H groups in total. The van der Waals surface area contributed by atoms with Gasteiger partial charge in [0.1, 0.15) is 5.69 Å². The number of halogens is 1. The second-order valence-electron chi connectivity index (χ2n) is 4.48. The first-order valence-electron chi connectivity index (χ1n) is 6.28. The zero-order valence-electron chi connectivity index (χ0n) is 11.4. The molecule has 22 heavy (non-hydrogen) atoms. The first kappa shape index (κ1) is 14.7. The van der Waals surface area contributed by atoms with Crippen molar-refractivity contribution in [3.63, 3.8) is 0 Å². The first-order valence-corrected chi connectivity index (χ1v) is 7.65. The summed E-state index contributed by atoms with van der Waals surface area (Å²) < 4.78 is 1.41. The molecular formula is C13H10ClN5O2S. The molecule has 3 aromatic rings. The molecule has 0 saturated carbocycles. The molecule has 2 aromatic heterocycles. The van der Waals surface area contributed by atoms with Crippen molar-refractivity contribution in [2.24, 2.45) is 0 Å². The van der Waals surface area contributed by atoms with E-state index in [0.29, 0.717) is 21.4 Å². The number of carbonyl (C=O) groups excluding carboxylic acids is 1. The van der Waals surface area contributed by atoms with Gasteiger partial charge in [0.05, 0.1) is 5.75 Å². The number of Topliss-reactive ketones (excluding diaryl/α,β-unsaturated/α-hetero) is 1. The maximum Gasteiger partial charge on any atom is 0.273 e. The molecule has 0 unspecified atom stereocenters. The minimum atomic E-state index is -0.311. The van der Waals surface area contributed by atoms with Crippen LogP contribution in [0.4, 0.5) is 0 Å². The summed E-state index contributed by atoms with van der Waals surface area (Å²) in [6, 6.07) is 6.68. The lowest BCUT2D eigenvalue weighted by Gasteiger charge is -2.01. The van der Waals surface area contributed by atoms with Crippen molar-refractivity contribution in [1.29, 1.82) is 0 Å². The Balaban J connectivity index is 1.79. The number of hydrogen-bond donors (Lipinski definition) is 1. The number of ketones is 1. The van der Waals surface area contributed by atoms with Crippen molar-refractivity contribution in [3.05, 3.63) is 50.9 Å². The van der Waals surface area contributed by atoms with Gasteiger partial charge in [0.15, 0.2) is 5.78 Å². The Hall–Kier alpha value is -2.19. The number of aryl methyl sites for hydroxylation is 1. The number of H-pyrrole nitrogens is 1. The fourth-order valence-corrected chi connectivity index (χ4v) is 2.66. The second-order valence-corrected chi connectivity index (χ2v) is 5.86. The average molecular weight is 336 g/mol. The predicted octanol–water partition coefficient (Wildman–Crippen LogP) is 1.75. The zero-order chi connectivity index (χ0) is 15.7. The van der Waals surface area contributed by atoms with Crippen LogP contribution in [0.1, 0.15) is 16.1 Å². The third-order valence-electron chi connectivity index (χ3n) is 2.91. The van der Waals surface area contributed by atoms with Crippen molar-refractivity contribution in [3.8, 4) is 0 Å². The van der Waals surface area contributed by atoms with Gasteiger partial charge < -0.3 is 0 Å². The van der Waals surface area contributed by atoms with Crippen LogP contribution >= 0.6 is 23.4 Å². The Kier molecular flexibility index (Phi) is 3.95. The van der Waals surface area contributed by atoms with E-state index in [9.17, 15) is 9.59 Å². The van der Waals surface area contributed by atoms with Crippen LogP contribution in [0, 0.1) is 6.92 Å². The van der Waals surface area contributed by atoms with Gasteiger partial charge in [0.2, 0.25) is 5.16 Å². The summed E-state index contributed by atoms with van der Waals surface area (Å²) in [5, 5.41) is 12.9. The molecule has 0 radical (unpaired) electrons. The van der Waals surface area contributed by atoms with Gasteiger partial charge >= 0.3 is 0 Å². The lowest BCUT2D eigenvalue weighted by atomic mass is 10.1. The van der Waals surface area contributed by atoms with Gasteiger partial charge in [-0.15, -0.1) is 10.2 Å². The van der Waals surface area contributed by atoms with Crippen LogP contribution in [-0.4, -0.2) is 36.3 Å². The summed E-state index contributed by atoms with van der Waals surface area (Å²) >= 11 is 6.99. The van der Waals surface area contributed by atoms with Crippen LogP contribution in [0.25, 0.3) is 5.78 Å². The molecular weight excluding hydrogens is 326 g/mol. The fourth-order valence-electron chi connectivity index (χ4n) is 1.76. The maximum atomic E-state index is 12.1. The molecule has 9 heteroatoms. The summed E-state index contributed by atoms with van der Waals surface area (Å²) in [5.74, 6) is 0.374. The number of carbonyl (C=O) groups is 1. The topological polar surface area (TPSA) is 93.0 Å².